The van der Waals surface area contributed by atoms with Crippen LogP contribution in [0.15, 0.2) is 29.1 Å². The van der Waals surface area contributed by atoms with Crippen molar-refractivity contribution in [1.29, 1.82) is 0 Å². The van der Waals surface area contributed by atoms with Crippen molar-refractivity contribution in [3.63, 3.8) is 0 Å². The summed E-state index contributed by atoms with van der Waals surface area (Å²) >= 11 is 1.49. The maximum Gasteiger partial charge on any atom is 0.497 e. The molecule has 2 aromatic rings. The van der Waals surface area contributed by atoms with E-state index >= 15 is 0 Å². The van der Waals surface area contributed by atoms with Gasteiger partial charge in [-0.3, -0.25) is 0 Å². The molecule has 6 heteroatoms. The molecular weight excluding hydrogens is 288 g/mol. The van der Waals surface area contributed by atoms with Gasteiger partial charge in [-0.15, -0.1) is 11.3 Å². The van der Waals surface area contributed by atoms with Gasteiger partial charge in [-0.05, 0) is 33.8 Å². The normalized spacial score (nSPS) is 20.0. The molecule has 0 aliphatic carbocycles. The first-order valence-electron chi connectivity index (χ1n) is 6.84. The lowest BCUT2D eigenvalue weighted by Crippen LogP contribution is -2.41. The van der Waals surface area contributed by atoms with Crippen LogP contribution in [-0.4, -0.2) is 23.3 Å². The molecular formula is C15H17BFNO2S. The van der Waals surface area contributed by atoms with E-state index in [-0.39, 0.29) is 5.82 Å². The van der Waals surface area contributed by atoms with E-state index in [2.05, 4.69) is 4.98 Å². The van der Waals surface area contributed by atoms with Crippen LogP contribution in [0.4, 0.5) is 4.39 Å². The highest BCUT2D eigenvalue weighted by atomic mass is 32.1. The van der Waals surface area contributed by atoms with Gasteiger partial charge in [0.05, 0.1) is 22.4 Å². The molecule has 2 heterocycles. The predicted molar refractivity (Wildman–Crippen MR) is 83.2 cm³/mol. The fraction of sp³-hybridized carbons (Fsp3) is 0.400. The van der Waals surface area contributed by atoms with E-state index in [0.29, 0.717) is 5.46 Å². The van der Waals surface area contributed by atoms with Gasteiger partial charge in [-0.25, -0.2) is 9.37 Å². The van der Waals surface area contributed by atoms with Crippen LogP contribution < -0.4 is 5.46 Å². The van der Waals surface area contributed by atoms with Crippen LogP contribution in [0, 0.1) is 5.82 Å². The molecule has 0 spiro atoms. The Labute approximate surface area is 128 Å². The van der Waals surface area contributed by atoms with Gasteiger partial charge in [0, 0.05) is 16.4 Å². The summed E-state index contributed by atoms with van der Waals surface area (Å²) in [6.45, 7) is 7.81. The second-order valence-electron chi connectivity index (χ2n) is 6.20. The van der Waals surface area contributed by atoms with Crippen LogP contribution in [0.2, 0.25) is 0 Å². The SMILES string of the molecule is CC1(C)OB(c2ccc(-c3cscn3)cc2F)OC1(C)C. The molecule has 21 heavy (non-hydrogen) atoms. The number of benzene rings is 1. The summed E-state index contributed by atoms with van der Waals surface area (Å²) in [5, 5.41) is 1.89. The van der Waals surface area contributed by atoms with Gasteiger partial charge >= 0.3 is 7.12 Å². The van der Waals surface area contributed by atoms with Crippen molar-refractivity contribution in [2.75, 3.05) is 0 Å². The molecule has 0 unspecified atom stereocenters. The minimum Gasteiger partial charge on any atom is -0.399 e. The standard InChI is InChI=1S/C15H17BFNO2S/c1-14(2)15(3,4)20-16(19-14)11-6-5-10(7-12(11)17)13-8-21-9-18-13/h5-9H,1-4H3. The van der Waals surface area contributed by atoms with Gasteiger partial charge in [0.25, 0.3) is 0 Å². The first-order chi connectivity index (χ1) is 9.80. The molecule has 0 N–H and O–H groups in total. The molecule has 1 aliphatic rings. The zero-order valence-corrected chi connectivity index (χ0v) is 13.3. The van der Waals surface area contributed by atoms with Crippen molar-refractivity contribution in [1.82, 2.24) is 4.98 Å². The van der Waals surface area contributed by atoms with Crippen LogP contribution in [-0.2, 0) is 9.31 Å². The molecule has 0 amide bonds. The Hall–Kier alpha value is -1.24. The van der Waals surface area contributed by atoms with Crippen LogP contribution in [0.3, 0.4) is 0 Å². The molecule has 0 bridgehead atoms. The van der Waals surface area contributed by atoms with Gasteiger partial charge in [-0.1, -0.05) is 12.1 Å². The average Bonchev–Trinajstić information content (AvgIpc) is 2.96. The maximum absolute atomic E-state index is 14.4. The number of hydrogen-bond acceptors (Lipinski definition) is 4. The summed E-state index contributed by atoms with van der Waals surface area (Å²) in [4.78, 5) is 4.19. The smallest absolute Gasteiger partial charge is 0.399 e. The number of thiazole rings is 1. The third-order valence-corrected chi connectivity index (χ3v) is 4.82. The molecule has 1 saturated heterocycles. The first kappa shape index (κ1) is 14.7. The van der Waals surface area contributed by atoms with Crippen molar-refractivity contribution in [2.45, 2.75) is 38.9 Å². The molecule has 0 radical (unpaired) electrons. The maximum atomic E-state index is 14.4. The fourth-order valence-corrected chi connectivity index (χ4v) is 2.76. The Bertz CT molecular complexity index is 642. The van der Waals surface area contributed by atoms with Crippen LogP contribution in [0.25, 0.3) is 11.3 Å². The Balaban J connectivity index is 1.91. The summed E-state index contributed by atoms with van der Waals surface area (Å²) in [5.74, 6) is -0.334. The van der Waals surface area contributed by atoms with Crippen LogP contribution in [0.5, 0.6) is 0 Å². The van der Waals surface area contributed by atoms with E-state index in [1.165, 1.54) is 17.4 Å². The fourth-order valence-electron chi connectivity index (χ4n) is 2.20. The zero-order valence-electron chi connectivity index (χ0n) is 12.5. The van der Waals surface area contributed by atoms with Gasteiger partial charge in [0.15, 0.2) is 0 Å². The predicted octanol–water partition coefficient (Wildman–Crippen LogP) is 3.25. The third-order valence-electron chi connectivity index (χ3n) is 4.24. The Morgan fingerprint density at radius 2 is 1.81 bits per heavy atom. The van der Waals surface area contributed by atoms with Gasteiger partial charge in [-0.2, -0.15) is 0 Å². The number of halogens is 1. The van der Waals surface area contributed by atoms with E-state index in [1.54, 1.807) is 11.6 Å². The summed E-state index contributed by atoms with van der Waals surface area (Å²) in [6, 6.07) is 5.04. The molecule has 1 aromatic heterocycles. The van der Waals surface area contributed by atoms with Crippen molar-refractivity contribution in [2.24, 2.45) is 0 Å². The number of nitrogens with zero attached hydrogens (tertiary/aromatic N) is 1. The van der Waals surface area contributed by atoms with E-state index in [9.17, 15) is 4.39 Å². The quantitative estimate of drug-likeness (QED) is 0.798. The Morgan fingerprint density at radius 3 is 2.33 bits per heavy atom. The number of hydrogen-bond donors (Lipinski definition) is 0. The largest absolute Gasteiger partial charge is 0.497 e. The monoisotopic (exact) mass is 305 g/mol. The van der Waals surface area contributed by atoms with Crippen molar-refractivity contribution >= 4 is 23.9 Å². The lowest BCUT2D eigenvalue weighted by Gasteiger charge is -2.32. The highest BCUT2D eigenvalue weighted by molar-refractivity contribution is 7.07. The molecule has 3 rings (SSSR count). The Morgan fingerprint density at radius 1 is 1.14 bits per heavy atom. The minimum atomic E-state index is -0.681. The van der Waals surface area contributed by atoms with E-state index in [1.807, 2.05) is 39.1 Å². The summed E-state index contributed by atoms with van der Waals surface area (Å²) in [5.41, 5.74) is 2.74. The molecule has 110 valence electrons. The number of aromatic nitrogens is 1. The lowest BCUT2D eigenvalue weighted by molar-refractivity contribution is 0.00578. The highest BCUT2D eigenvalue weighted by Gasteiger charge is 2.52. The van der Waals surface area contributed by atoms with Crippen molar-refractivity contribution in [3.05, 3.63) is 34.9 Å². The van der Waals surface area contributed by atoms with Crippen LogP contribution in [0.1, 0.15) is 27.7 Å². The van der Waals surface area contributed by atoms with Gasteiger partial charge < -0.3 is 9.31 Å². The van der Waals surface area contributed by atoms with Gasteiger partial charge in [0.1, 0.15) is 5.82 Å². The highest BCUT2D eigenvalue weighted by Crippen LogP contribution is 2.36. The lowest BCUT2D eigenvalue weighted by atomic mass is 9.78. The molecule has 1 aliphatic heterocycles. The van der Waals surface area contributed by atoms with E-state index in [0.717, 1.165) is 11.3 Å². The first-order valence-corrected chi connectivity index (χ1v) is 7.78. The summed E-state index contributed by atoms with van der Waals surface area (Å²) in [7, 11) is -0.681. The zero-order chi connectivity index (χ0) is 15.3. The molecule has 1 fully saturated rings. The topological polar surface area (TPSA) is 31.4 Å². The summed E-state index contributed by atoms with van der Waals surface area (Å²) in [6.07, 6.45) is 0. The molecule has 1 aromatic carbocycles. The summed E-state index contributed by atoms with van der Waals surface area (Å²) < 4.78 is 26.2. The second kappa shape index (κ2) is 4.90. The van der Waals surface area contributed by atoms with Crippen LogP contribution >= 0.6 is 11.3 Å². The molecule has 0 atom stereocenters. The third kappa shape index (κ3) is 2.52. The number of rotatable bonds is 2. The Kier molecular flexibility index (Phi) is 3.43. The minimum absolute atomic E-state index is 0.334. The molecule has 0 saturated carbocycles. The molecule has 3 nitrogen and oxygen atoms in total. The second-order valence-corrected chi connectivity index (χ2v) is 6.92. The van der Waals surface area contributed by atoms with E-state index in [4.69, 9.17) is 9.31 Å². The average molecular weight is 305 g/mol. The van der Waals surface area contributed by atoms with Crippen molar-refractivity contribution in [3.8, 4) is 11.3 Å². The van der Waals surface area contributed by atoms with Crippen molar-refractivity contribution < 1.29 is 13.7 Å². The van der Waals surface area contributed by atoms with E-state index < -0.39 is 18.3 Å². The van der Waals surface area contributed by atoms with Gasteiger partial charge in [0.2, 0.25) is 0 Å².